The van der Waals surface area contributed by atoms with Crippen molar-refractivity contribution in [3.8, 4) is 0 Å². The monoisotopic (exact) mass is 536 g/mol. The lowest BCUT2D eigenvalue weighted by Crippen LogP contribution is -2.43. The van der Waals surface area contributed by atoms with Gasteiger partial charge < -0.3 is 16.4 Å². The highest BCUT2D eigenvalue weighted by Crippen LogP contribution is 2.43. The maximum atomic E-state index is 15.9. The van der Waals surface area contributed by atoms with Gasteiger partial charge in [0, 0.05) is 36.9 Å². The Kier molecular flexibility index (Phi) is 8.53. The summed E-state index contributed by atoms with van der Waals surface area (Å²) in [5.74, 6) is -1.82. The lowest BCUT2D eigenvalue weighted by molar-refractivity contribution is 0.0989. The van der Waals surface area contributed by atoms with E-state index in [0.717, 1.165) is 49.3 Å². The molecule has 0 atom stereocenters. The number of carbonyl (C=O) groups is 2. The molecular weight excluding hydrogens is 499 g/mol. The molecule has 1 aromatic heterocycles. The van der Waals surface area contributed by atoms with E-state index in [1.54, 1.807) is 29.5 Å². The molecule has 2 aromatic carbocycles. The highest BCUT2D eigenvalue weighted by atomic mass is 32.1. The summed E-state index contributed by atoms with van der Waals surface area (Å²) in [6, 6.07) is 10.6. The second kappa shape index (κ2) is 11.7. The summed E-state index contributed by atoms with van der Waals surface area (Å²) in [6.45, 7) is 10.9. The first-order valence-electron chi connectivity index (χ1n) is 13.2. The number of hydrogen-bond acceptors (Lipinski definition) is 5. The number of piperidine rings is 1. The van der Waals surface area contributed by atoms with Crippen LogP contribution in [-0.4, -0.2) is 35.8 Å². The SMILES string of the molecule is CC(C)c1c(C(N)=O)ccc(N(c2cccc(C(N)=O)c2F)C2CCN(Cc3ccsc3)CC2)c1C(C)C. The van der Waals surface area contributed by atoms with Gasteiger partial charge in [-0.25, -0.2) is 4.39 Å². The Hall–Kier alpha value is -3.23. The number of halogens is 1. The Morgan fingerprint density at radius 3 is 2.16 bits per heavy atom. The van der Waals surface area contributed by atoms with E-state index in [0.29, 0.717) is 11.3 Å². The number of rotatable bonds is 9. The average molecular weight is 537 g/mol. The van der Waals surface area contributed by atoms with Crippen LogP contribution in [0.1, 0.15) is 89.8 Å². The van der Waals surface area contributed by atoms with Crippen LogP contribution in [0.2, 0.25) is 0 Å². The van der Waals surface area contributed by atoms with Crippen LogP contribution in [0.3, 0.4) is 0 Å². The summed E-state index contributed by atoms with van der Waals surface area (Å²) < 4.78 is 15.9. The van der Waals surface area contributed by atoms with Crippen molar-refractivity contribution in [1.29, 1.82) is 0 Å². The Morgan fingerprint density at radius 1 is 0.947 bits per heavy atom. The molecule has 0 aliphatic carbocycles. The molecular formula is C30H37FN4O2S. The molecule has 3 aromatic rings. The molecule has 0 radical (unpaired) electrons. The number of benzene rings is 2. The zero-order chi connectivity index (χ0) is 27.6. The minimum Gasteiger partial charge on any atom is -0.366 e. The number of thiophene rings is 1. The Labute approximate surface area is 228 Å². The average Bonchev–Trinajstić information content (AvgIpc) is 3.38. The van der Waals surface area contributed by atoms with E-state index in [9.17, 15) is 9.59 Å². The normalized spacial score (nSPS) is 14.8. The van der Waals surface area contributed by atoms with Gasteiger partial charge in [0.25, 0.3) is 5.91 Å². The maximum absolute atomic E-state index is 15.9. The minimum atomic E-state index is -0.800. The molecule has 1 fully saturated rings. The summed E-state index contributed by atoms with van der Waals surface area (Å²) >= 11 is 1.70. The zero-order valence-electron chi connectivity index (χ0n) is 22.5. The second-order valence-electron chi connectivity index (χ2n) is 10.6. The van der Waals surface area contributed by atoms with Crippen LogP contribution in [0, 0.1) is 5.82 Å². The standard InChI is InChI=1S/C30H37FN4O2S/c1-18(2)26-22(29(32)36)8-9-24(27(26)19(3)4)35(25-7-5-6-23(28(25)31)30(33)37)21-10-13-34(14-11-21)16-20-12-15-38-17-20/h5-9,12,15,17-19,21H,10-11,13-14,16H2,1-4H3,(H2,32,36)(H2,33,37). The molecule has 0 unspecified atom stereocenters. The number of anilines is 2. The van der Waals surface area contributed by atoms with Crippen molar-refractivity contribution >= 4 is 34.5 Å². The molecule has 8 heteroatoms. The van der Waals surface area contributed by atoms with E-state index >= 15 is 4.39 Å². The molecule has 4 rings (SSSR count). The Bertz CT molecular complexity index is 1300. The van der Waals surface area contributed by atoms with Crippen LogP contribution < -0.4 is 16.4 Å². The van der Waals surface area contributed by atoms with Gasteiger partial charge in [-0.05, 0) is 82.5 Å². The second-order valence-corrected chi connectivity index (χ2v) is 11.4. The molecule has 2 amide bonds. The van der Waals surface area contributed by atoms with Gasteiger partial charge in [0.1, 0.15) is 0 Å². The summed E-state index contributed by atoms with van der Waals surface area (Å²) in [6.07, 6.45) is 1.63. The van der Waals surface area contributed by atoms with Gasteiger partial charge >= 0.3 is 0 Å². The van der Waals surface area contributed by atoms with Gasteiger partial charge in [0.2, 0.25) is 5.91 Å². The number of likely N-dealkylation sites (tertiary alicyclic amines) is 1. The van der Waals surface area contributed by atoms with Crippen molar-refractivity contribution in [2.24, 2.45) is 11.5 Å². The van der Waals surface area contributed by atoms with E-state index in [1.165, 1.54) is 11.6 Å². The number of hydrogen-bond donors (Lipinski definition) is 2. The van der Waals surface area contributed by atoms with Crippen LogP contribution >= 0.6 is 11.3 Å². The highest BCUT2D eigenvalue weighted by Gasteiger charge is 2.32. The predicted molar refractivity (Wildman–Crippen MR) is 153 cm³/mol. The fourth-order valence-corrected chi connectivity index (χ4v) is 6.33. The summed E-state index contributed by atoms with van der Waals surface area (Å²) in [5, 5.41) is 4.26. The van der Waals surface area contributed by atoms with Crippen molar-refractivity contribution in [2.75, 3.05) is 18.0 Å². The van der Waals surface area contributed by atoms with Crippen LogP contribution in [0.25, 0.3) is 0 Å². The molecule has 4 N–H and O–H groups in total. The first-order chi connectivity index (χ1) is 18.1. The largest absolute Gasteiger partial charge is 0.366 e. The van der Waals surface area contributed by atoms with Gasteiger partial charge in [-0.1, -0.05) is 33.8 Å². The minimum absolute atomic E-state index is 0.0108. The topological polar surface area (TPSA) is 92.7 Å². The van der Waals surface area contributed by atoms with E-state index in [4.69, 9.17) is 11.5 Å². The van der Waals surface area contributed by atoms with Gasteiger partial charge in [0.05, 0.1) is 11.3 Å². The number of amides is 2. The van der Waals surface area contributed by atoms with Crippen LogP contribution in [0.5, 0.6) is 0 Å². The number of nitrogens with zero attached hydrogens (tertiary/aromatic N) is 2. The van der Waals surface area contributed by atoms with Crippen molar-refractivity contribution in [1.82, 2.24) is 4.90 Å². The lowest BCUT2D eigenvalue weighted by Gasteiger charge is -2.42. The third-order valence-electron chi connectivity index (χ3n) is 7.36. The molecule has 1 aliphatic rings. The van der Waals surface area contributed by atoms with Gasteiger partial charge in [0.15, 0.2) is 5.82 Å². The fourth-order valence-electron chi connectivity index (χ4n) is 5.67. The molecule has 6 nitrogen and oxygen atoms in total. The zero-order valence-corrected chi connectivity index (χ0v) is 23.4. The molecule has 2 heterocycles. The van der Waals surface area contributed by atoms with Crippen molar-refractivity contribution in [3.63, 3.8) is 0 Å². The lowest BCUT2D eigenvalue weighted by atomic mass is 9.84. The first kappa shape index (κ1) is 27.8. The smallest absolute Gasteiger partial charge is 0.251 e. The number of nitrogens with two attached hydrogens (primary N) is 2. The highest BCUT2D eigenvalue weighted by molar-refractivity contribution is 7.07. The van der Waals surface area contributed by atoms with Crippen molar-refractivity contribution < 1.29 is 14.0 Å². The summed E-state index contributed by atoms with van der Waals surface area (Å²) in [4.78, 5) is 28.9. The predicted octanol–water partition coefficient (Wildman–Crippen LogP) is 6.13. The van der Waals surface area contributed by atoms with E-state index in [1.807, 2.05) is 24.8 Å². The summed E-state index contributed by atoms with van der Waals surface area (Å²) in [5.41, 5.74) is 16.0. The maximum Gasteiger partial charge on any atom is 0.251 e. The van der Waals surface area contributed by atoms with Crippen LogP contribution in [0.4, 0.5) is 15.8 Å². The fraction of sp³-hybridized carbons (Fsp3) is 0.400. The number of carbonyl (C=O) groups excluding carboxylic acids is 2. The third-order valence-corrected chi connectivity index (χ3v) is 8.09. The molecule has 0 spiro atoms. The van der Waals surface area contributed by atoms with Gasteiger partial charge in [-0.2, -0.15) is 11.3 Å². The van der Waals surface area contributed by atoms with Gasteiger partial charge in [-0.15, -0.1) is 0 Å². The quantitative estimate of drug-likeness (QED) is 0.344. The van der Waals surface area contributed by atoms with E-state index in [2.05, 4.69) is 35.6 Å². The molecule has 38 heavy (non-hydrogen) atoms. The third kappa shape index (κ3) is 5.61. The number of primary amides is 2. The molecule has 0 saturated carbocycles. The van der Waals surface area contributed by atoms with E-state index in [-0.39, 0.29) is 23.4 Å². The van der Waals surface area contributed by atoms with E-state index < -0.39 is 17.6 Å². The van der Waals surface area contributed by atoms with Crippen molar-refractivity contribution in [2.45, 2.75) is 65.0 Å². The Morgan fingerprint density at radius 2 is 1.61 bits per heavy atom. The molecule has 202 valence electrons. The van der Waals surface area contributed by atoms with Crippen molar-refractivity contribution in [3.05, 3.63) is 80.8 Å². The van der Waals surface area contributed by atoms with Crippen LogP contribution in [-0.2, 0) is 6.54 Å². The van der Waals surface area contributed by atoms with Crippen LogP contribution in [0.15, 0.2) is 47.2 Å². The first-order valence-corrected chi connectivity index (χ1v) is 14.1. The molecule has 1 aliphatic heterocycles. The molecule has 1 saturated heterocycles. The summed E-state index contributed by atoms with van der Waals surface area (Å²) in [7, 11) is 0. The molecule has 0 bridgehead atoms. The Balaban J connectivity index is 1.84. The van der Waals surface area contributed by atoms with Gasteiger partial charge in [-0.3, -0.25) is 14.5 Å².